The minimum atomic E-state index is -3.89. The SMILES string of the molecule is CC(C)(C)NS(=O)(=O)c1cc(C(=O)Nc2ccc(-n3cccn3)nc2)ccc1Cl. The fraction of sp³-hybridized carbons (Fsp3) is 0.211. The first kappa shape index (κ1) is 21.0. The van der Waals surface area contributed by atoms with E-state index >= 15 is 0 Å². The third-order valence-electron chi connectivity index (χ3n) is 3.67. The fourth-order valence-corrected chi connectivity index (χ4v) is 4.46. The molecule has 0 aliphatic heterocycles. The Morgan fingerprint density at radius 3 is 2.52 bits per heavy atom. The predicted octanol–water partition coefficient (Wildman–Crippen LogP) is 3.25. The number of benzene rings is 1. The molecule has 0 spiro atoms. The third kappa shape index (κ3) is 5.20. The van der Waals surface area contributed by atoms with E-state index in [2.05, 4.69) is 20.1 Å². The van der Waals surface area contributed by atoms with Gasteiger partial charge in [-0.2, -0.15) is 5.10 Å². The lowest BCUT2D eigenvalue weighted by Crippen LogP contribution is -2.40. The molecule has 29 heavy (non-hydrogen) atoms. The molecule has 2 N–H and O–H groups in total. The number of anilines is 1. The van der Waals surface area contributed by atoms with E-state index in [1.807, 2.05) is 0 Å². The molecule has 0 aliphatic rings. The van der Waals surface area contributed by atoms with Crippen LogP contribution in [0.1, 0.15) is 31.1 Å². The quantitative estimate of drug-likeness (QED) is 0.642. The number of hydrogen-bond acceptors (Lipinski definition) is 5. The van der Waals surface area contributed by atoms with Crippen molar-refractivity contribution < 1.29 is 13.2 Å². The minimum Gasteiger partial charge on any atom is -0.321 e. The van der Waals surface area contributed by atoms with Gasteiger partial charge in [0.25, 0.3) is 5.91 Å². The van der Waals surface area contributed by atoms with Crippen LogP contribution < -0.4 is 10.0 Å². The number of carbonyl (C=O) groups excluding carboxylic acids is 1. The molecule has 8 nitrogen and oxygen atoms in total. The summed E-state index contributed by atoms with van der Waals surface area (Å²) in [5, 5.41) is 6.80. The number of nitrogens with one attached hydrogen (secondary N) is 2. The van der Waals surface area contributed by atoms with Crippen molar-refractivity contribution in [2.45, 2.75) is 31.2 Å². The number of aromatic nitrogens is 3. The summed E-state index contributed by atoms with van der Waals surface area (Å²) in [6.45, 7) is 5.15. The summed E-state index contributed by atoms with van der Waals surface area (Å²) in [4.78, 5) is 16.7. The molecule has 0 saturated carbocycles. The predicted molar refractivity (Wildman–Crippen MR) is 111 cm³/mol. The van der Waals surface area contributed by atoms with Crippen LogP contribution in [-0.2, 0) is 10.0 Å². The summed E-state index contributed by atoms with van der Waals surface area (Å²) in [5.74, 6) is 0.114. The average molecular weight is 434 g/mol. The summed E-state index contributed by atoms with van der Waals surface area (Å²) >= 11 is 6.07. The van der Waals surface area contributed by atoms with Gasteiger partial charge in [0, 0.05) is 23.5 Å². The number of halogens is 1. The first-order valence-electron chi connectivity index (χ1n) is 8.66. The number of pyridine rings is 1. The second-order valence-corrected chi connectivity index (χ2v) is 9.37. The van der Waals surface area contributed by atoms with Crippen LogP contribution in [0, 0.1) is 0 Å². The molecule has 0 bridgehead atoms. The maximum atomic E-state index is 12.6. The zero-order valence-electron chi connectivity index (χ0n) is 16.0. The Bertz CT molecular complexity index is 1120. The van der Waals surface area contributed by atoms with Crippen molar-refractivity contribution in [2.24, 2.45) is 0 Å². The molecule has 10 heteroatoms. The topological polar surface area (TPSA) is 106 Å². The van der Waals surface area contributed by atoms with Crippen molar-refractivity contribution >= 4 is 33.2 Å². The van der Waals surface area contributed by atoms with Crippen LogP contribution in [0.3, 0.4) is 0 Å². The monoisotopic (exact) mass is 433 g/mol. The number of amides is 1. The Morgan fingerprint density at radius 2 is 1.93 bits per heavy atom. The van der Waals surface area contributed by atoms with Crippen molar-refractivity contribution in [3.05, 3.63) is 65.6 Å². The van der Waals surface area contributed by atoms with E-state index < -0.39 is 21.5 Å². The molecule has 2 heterocycles. The number of sulfonamides is 1. The van der Waals surface area contributed by atoms with E-state index in [0.717, 1.165) is 0 Å². The molecule has 0 radical (unpaired) electrons. The van der Waals surface area contributed by atoms with E-state index in [1.165, 1.54) is 24.4 Å². The Balaban J connectivity index is 1.81. The molecule has 0 saturated heterocycles. The molecular weight excluding hydrogens is 414 g/mol. The van der Waals surface area contributed by atoms with Crippen LogP contribution in [0.25, 0.3) is 5.82 Å². The van der Waals surface area contributed by atoms with Crippen molar-refractivity contribution in [3.63, 3.8) is 0 Å². The molecule has 0 unspecified atom stereocenters. The second kappa shape index (κ2) is 7.94. The Labute approximate surface area is 174 Å². The van der Waals surface area contributed by atoms with Gasteiger partial charge in [-0.15, -0.1) is 0 Å². The van der Waals surface area contributed by atoms with Crippen LogP contribution in [0.4, 0.5) is 5.69 Å². The van der Waals surface area contributed by atoms with E-state index in [4.69, 9.17) is 11.6 Å². The van der Waals surface area contributed by atoms with Gasteiger partial charge in [-0.05, 0) is 57.2 Å². The third-order valence-corrected chi connectivity index (χ3v) is 5.91. The summed E-state index contributed by atoms with van der Waals surface area (Å²) in [6, 6.07) is 9.24. The van der Waals surface area contributed by atoms with Gasteiger partial charge < -0.3 is 5.32 Å². The largest absolute Gasteiger partial charge is 0.321 e. The van der Waals surface area contributed by atoms with Gasteiger partial charge in [0.2, 0.25) is 10.0 Å². The molecule has 152 valence electrons. The lowest BCUT2D eigenvalue weighted by Gasteiger charge is -2.21. The molecule has 3 rings (SSSR count). The summed E-state index contributed by atoms with van der Waals surface area (Å²) < 4.78 is 29.3. The van der Waals surface area contributed by atoms with E-state index in [0.29, 0.717) is 11.5 Å². The van der Waals surface area contributed by atoms with Gasteiger partial charge >= 0.3 is 0 Å². The fourth-order valence-electron chi connectivity index (χ4n) is 2.51. The molecule has 2 aromatic heterocycles. The summed E-state index contributed by atoms with van der Waals surface area (Å²) in [7, 11) is -3.89. The highest BCUT2D eigenvalue weighted by Crippen LogP contribution is 2.24. The zero-order valence-corrected chi connectivity index (χ0v) is 17.6. The standard InChI is InChI=1S/C19H20ClN5O3S/c1-19(2,3)24-29(27,28)16-11-13(5-7-15(16)20)18(26)23-14-6-8-17(21-12-14)25-10-4-9-22-25/h4-12,24H,1-3H3,(H,23,26). The highest BCUT2D eigenvalue weighted by molar-refractivity contribution is 7.89. The molecule has 0 fully saturated rings. The molecule has 0 aliphatic carbocycles. The zero-order chi connectivity index (χ0) is 21.2. The van der Waals surface area contributed by atoms with E-state index in [1.54, 1.807) is 56.0 Å². The average Bonchev–Trinajstić information content (AvgIpc) is 3.15. The molecule has 1 aromatic carbocycles. The first-order valence-corrected chi connectivity index (χ1v) is 10.5. The minimum absolute atomic E-state index is 0.0311. The number of nitrogens with zero attached hydrogens (tertiary/aromatic N) is 3. The van der Waals surface area contributed by atoms with Crippen LogP contribution in [0.15, 0.2) is 59.9 Å². The Hall–Kier alpha value is -2.75. The molecule has 3 aromatic rings. The van der Waals surface area contributed by atoms with E-state index in [-0.39, 0.29) is 15.5 Å². The van der Waals surface area contributed by atoms with Crippen LogP contribution in [0.2, 0.25) is 5.02 Å². The lowest BCUT2D eigenvalue weighted by atomic mass is 10.1. The maximum absolute atomic E-state index is 12.6. The van der Waals surface area contributed by atoms with Crippen LogP contribution >= 0.6 is 11.6 Å². The lowest BCUT2D eigenvalue weighted by molar-refractivity contribution is 0.102. The highest BCUT2D eigenvalue weighted by Gasteiger charge is 2.25. The van der Waals surface area contributed by atoms with Gasteiger partial charge in [-0.25, -0.2) is 22.8 Å². The van der Waals surface area contributed by atoms with Gasteiger partial charge in [0.05, 0.1) is 16.9 Å². The summed E-state index contributed by atoms with van der Waals surface area (Å²) in [6.07, 6.45) is 4.88. The highest BCUT2D eigenvalue weighted by atomic mass is 35.5. The van der Waals surface area contributed by atoms with Crippen molar-refractivity contribution in [2.75, 3.05) is 5.32 Å². The number of carbonyl (C=O) groups is 1. The van der Waals surface area contributed by atoms with Gasteiger partial charge in [-0.1, -0.05) is 11.6 Å². The van der Waals surface area contributed by atoms with Gasteiger partial charge in [0.1, 0.15) is 4.90 Å². The second-order valence-electron chi connectivity index (χ2n) is 7.31. The Kier molecular flexibility index (Phi) is 5.74. The van der Waals surface area contributed by atoms with Crippen LogP contribution in [0.5, 0.6) is 0 Å². The molecule has 1 amide bonds. The number of rotatable bonds is 5. The van der Waals surface area contributed by atoms with E-state index in [9.17, 15) is 13.2 Å². The summed E-state index contributed by atoms with van der Waals surface area (Å²) in [5.41, 5.74) is -0.0829. The van der Waals surface area contributed by atoms with Crippen molar-refractivity contribution in [3.8, 4) is 5.82 Å². The van der Waals surface area contributed by atoms with Gasteiger partial charge in [0.15, 0.2) is 5.82 Å². The van der Waals surface area contributed by atoms with Crippen molar-refractivity contribution in [1.29, 1.82) is 0 Å². The normalized spacial score (nSPS) is 12.0. The van der Waals surface area contributed by atoms with Crippen LogP contribution in [-0.4, -0.2) is 34.6 Å². The Morgan fingerprint density at radius 1 is 1.17 bits per heavy atom. The van der Waals surface area contributed by atoms with Crippen molar-refractivity contribution in [1.82, 2.24) is 19.5 Å². The van der Waals surface area contributed by atoms with Gasteiger partial charge in [-0.3, -0.25) is 4.79 Å². The number of hydrogen-bond donors (Lipinski definition) is 2. The maximum Gasteiger partial charge on any atom is 0.255 e. The smallest absolute Gasteiger partial charge is 0.255 e. The first-order chi connectivity index (χ1) is 13.5. The molecular formula is C19H20ClN5O3S. The molecule has 0 atom stereocenters.